The molecule has 0 saturated heterocycles. The highest BCUT2D eigenvalue weighted by Crippen LogP contribution is 2.35. The number of aryl methyl sites for hydroxylation is 1. The number of hydrogen-bond acceptors (Lipinski definition) is 3. The maximum atomic E-state index is 11.4. The second-order valence-electron chi connectivity index (χ2n) is 3.78. The zero-order valence-electron chi connectivity index (χ0n) is 8.40. The summed E-state index contributed by atoms with van der Waals surface area (Å²) in [6.07, 6.45) is 5.82. The van der Waals surface area contributed by atoms with Gasteiger partial charge in [-0.1, -0.05) is 6.92 Å². The van der Waals surface area contributed by atoms with Crippen molar-refractivity contribution in [3.63, 3.8) is 0 Å². The van der Waals surface area contributed by atoms with Crippen molar-refractivity contribution in [2.45, 2.75) is 37.1 Å². The van der Waals surface area contributed by atoms with Crippen molar-refractivity contribution in [1.29, 1.82) is 0 Å². The number of rotatable bonds is 3. The highest BCUT2D eigenvalue weighted by molar-refractivity contribution is 7.90. The van der Waals surface area contributed by atoms with Gasteiger partial charge in [0.1, 0.15) is 4.90 Å². The highest BCUT2D eigenvalue weighted by atomic mass is 32.2. The SMILES string of the molecule is CCc1nn(C2CC2)cc1S(C)(=O)=O. The second-order valence-corrected chi connectivity index (χ2v) is 5.76. The van der Waals surface area contributed by atoms with Crippen LogP contribution in [-0.2, 0) is 16.3 Å². The van der Waals surface area contributed by atoms with Crippen molar-refractivity contribution in [1.82, 2.24) is 9.78 Å². The lowest BCUT2D eigenvalue weighted by Crippen LogP contribution is -1.98. The summed E-state index contributed by atoms with van der Waals surface area (Å²) in [4.78, 5) is 0.395. The van der Waals surface area contributed by atoms with Crippen LogP contribution in [0.15, 0.2) is 11.1 Å². The van der Waals surface area contributed by atoms with Crippen LogP contribution in [-0.4, -0.2) is 24.5 Å². The van der Waals surface area contributed by atoms with Crippen molar-refractivity contribution >= 4 is 9.84 Å². The average Bonchev–Trinajstić information content (AvgIpc) is 2.83. The van der Waals surface area contributed by atoms with E-state index < -0.39 is 9.84 Å². The summed E-state index contributed by atoms with van der Waals surface area (Å²) in [5.41, 5.74) is 0.694. The van der Waals surface area contributed by atoms with E-state index in [2.05, 4.69) is 5.10 Å². The number of nitrogens with zero attached hydrogens (tertiary/aromatic N) is 2. The molecule has 0 N–H and O–H groups in total. The second kappa shape index (κ2) is 3.08. The van der Waals surface area contributed by atoms with Crippen molar-refractivity contribution in [2.24, 2.45) is 0 Å². The summed E-state index contributed by atoms with van der Waals surface area (Å²) in [5.74, 6) is 0. The van der Waals surface area contributed by atoms with E-state index in [9.17, 15) is 8.42 Å². The molecule has 0 radical (unpaired) electrons. The van der Waals surface area contributed by atoms with Crippen molar-refractivity contribution < 1.29 is 8.42 Å². The van der Waals surface area contributed by atoms with E-state index in [1.54, 1.807) is 10.9 Å². The van der Waals surface area contributed by atoms with Crippen LogP contribution in [0.3, 0.4) is 0 Å². The molecule has 1 aliphatic rings. The van der Waals surface area contributed by atoms with Crippen LogP contribution < -0.4 is 0 Å². The van der Waals surface area contributed by atoms with Gasteiger partial charge in [0.15, 0.2) is 9.84 Å². The van der Waals surface area contributed by atoms with Crippen LogP contribution in [0.4, 0.5) is 0 Å². The van der Waals surface area contributed by atoms with Crippen LogP contribution >= 0.6 is 0 Å². The normalized spacial score (nSPS) is 17.3. The Morgan fingerprint density at radius 2 is 2.21 bits per heavy atom. The molecular formula is C9H14N2O2S. The smallest absolute Gasteiger partial charge is 0.178 e. The highest BCUT2D eigenvalue weighted by Gasteiger charge is 2.27. The molecule has 2 rings (SSSR count). The molecule has 0 spiro atoms. The minimum Gasteiger partial charge on any atom is -0.268 e. The van der Waals surface area contributed by atoms with Gasteiger partial charge in [0.05, 0.1) is 11.7 Å². The fourth-order valence-electron chi connectivity index (χ4n) is 1.49. The van der Waals surface area contributed by atoms with Crippen LogP contribution in [0.25, 0.3) is 0 Å². The molecule has 0 atom stereocenters. The van der Waals surface area contributed by atoms with E-state index in [-0.39, 0.29) is 0 Å². The average molecular weight is 214 g/mol. The molecule has 1 fully saturated rings. The van der Waals surface area contributed by atoms with E-state index in [0.717, 1.165) is 12.8 Å². The quantitative estimate of drug-likeness (QED) is 0.759. The first-order valence-corrected chi connectivity index (χ1v) is 6.69. The van der Waals surface area contributed by atoms with Crippen molar-refractivity contribution in [3.8, 4) is 0 Å². The van der Waals surface area contributed by atoms with Gasteiger partial charge in [-0.25, -0.2) is 8.42 Å². The molecule has 0 unspecified atom stereocenters. The fraction of sp³-hybridized carbons (Fsp3) is 0.667. The zero-order chi connectivity index (χ0) is 10.3. The van der Waals surface area contributed by atoms with Gasteiger partial charge in [-0.2, -0.15) is 5.10 Å². The summed E-state index contributed by atoms with van der Waals surface area (Å²) < 4.78 is 24.6. The Morgan fingerprint density at radius 3 is 2.57 bits per heavy atom. The monoisotopic (exact) mass is 214 g/mol. The van der Waals surface area contributed by atoms with E-state index in [1.165, 1.54) is 6.26 Å². The maximum absolute atomic E-state index is 11.4. The molecule has 0 bridgehead atoms. The largest absolute Gasteiger partial charge is 0.268 e. The zero-order valence-corrected chi connectivity index (χ0v) is 9.21. The molecule has 14 heavy (non-hydrogen) atoms. The van der Waals surface area contributed by atoms with Crippen molar-refractivity contribution in [2.75, 3.05) is 6.26 Å². The van der Waals surface area contributed by atoms with E-state index in [4.69, 9.17) is 0 Å². The Kier molecular flexibility index (Phi) is 2.14. The minimum absolute atomic E-state index is 0.395. The van der Waals surface area contributed by atoms with Gasteiger partial charge in [0, 0.05) is 12.5 Å². The molecule has 1 heterocycles. The van der Waals surface area contributed by atoms with Crippen LogP contribution in [0.5, 0.6) is 0 Å². The summed E-state index contributed by atoms with van der Waals surface area (Å²) in [6, 6.07) is 0.441. The first-order valence-electron chi connectivity index (χ1n) is 4.80. The lowest BCUT2D eigenvalue weighted by atomic mass is 10.3. The van der Waals surface area contributed by atoms with Crippen LogP contribution in [0.2, 0.25) is 0 Å². The topological polar surface area (TPSA) is 52.0 Å². The van der Waals surface area contributed by atoms with E-state index in [1.807, 2.05) is 6.92 Å². The molecule has 4 nitrogen and oxygen atoms in total. The number of hydrogen-bond donors (Lipinski definition) is 0. The van der Waals surface area contributed by atoms with Gasteiger partial charge in [-0.3, -0.25) is 4.68 Å². The molecule has 1 aromatic heterocycles. The molecule has 0 aliphatic heterocycles. The third-order valence-corrected chi connectivity index (χ3v) is 3.57. The summed E-state index contributed by atoms with van der Waals surface area (Å²) in [7, 11) is -3.11. The third-order valence-electron chi connectivity index (χ3n) is 2.43. The van der Waals surface area contributed by atoms with Crippen molar-refractivity contribution in [3.05, 3.63) is 11.9 Å². The molecule has 1 aliphatic carbocycles. The van der Waals surface area contributed by atoms with Gasteiger partial charge in [0.2, 0.25) is 0 Å². The molecule has 1 saturated carbocycles. The van der Waals surface area contributed by atoms with E-state index in [0.29, 0.717) is 23.1 Å². The number of aromatic nitrogens is 2. The maximum Gasteiger partial charge on any atom is 0.178 e. The first-order chi connectivity index (χ1) is 6.52. The Balaban J connectivity index is 2.47. The predicted octanol–water partition coefficient (Wildman–Crippen LogP) is 1.18. The van der Waals surface area contributed by atoms with Gasteiger partial charge in [0.25, 0.3) is 0 Å². The van der Waals surface area contributed by atoms with Crippen LogP contribution in [0.1, 0.15) is 31.5 Å². The summed E-state index contributed by atoms with van der Waals surface area (Å²) >= 11 is 0. The van der Waals surface area contributed by atoms with Crippen LogP contribution in [0, 0.1) is 0 Å². The number of sulfone groups is 1. The first kappa shape index (κ1) is 9.71. The van der Waals surface area contributed by atoms with Gasteiger partial charge in [-0.05, 0) is 19.3 Å². The Labute approximate surface area is 83.8 Å². The standard InChI is InChI=1S/C9H14N2O2S/c1-3-8-9(14(2,12)13)6-11(10-8)7-4-5-7/h6-7H,3-5H2,1-2H3. The molecule has 5 heteroatoms. The lowest BCUT2D eigenvalue weighted by Gasteiger charge is -1.93. The summed E-state index contributed by atoms with van der Waals surface area (Å²) in [6.45, 7) is 1.92. The molecule has 1 aromatic rings. The van der Waals surface area contributed by atoms with Gasteiger partial charge in [-0.15, -0.1) is 0 Å². The van der Waals surface area contributed by atoms with Gasteiger partial charge < -0.3 is 0 Å². The molecule has 0 amide bonds. The van der Waals surface area contributed by atoms with E-state index >= 15 is 0 Å². The lowest BCUT2D eigenvalue weighted by molar-refractivity contribution is 0.600. The molecular weight excluding hydrogens is 200 g/mol. The summed E-state index contributed by atoms with van der Waals surface area (Å²) in [5, 5.41) is 4.29. The minimum atomic E-state index is -3.11. The molecule has 0 aromatic carbocycles. The molecule has 78 valence electrons. The Hall–Kier alpha value is -0.840. The third kappa shape index (κ3) is 1.68. The predicted molar refractivity (Wildman–Crippen MR) is 53.0 cm³/mol. The Morgan fingerprint density at radius 1 is 1.57 bits per heavy atom. The fourth-order valence-corrected chi connectivity index (χ4v) is 2.41. The van der Waals surface area contributed by atoms with Gasteiger partial charge >= 0.3 is 0 Å². The Bertz CT molecular complexity index is 443.